The minimum Gasteiger partial charge on any atom is -0.390 e. The van der Waals surface area contributed by atoms with E-state index in [1.165, 1.54) is 7.11 Å². The van der Waals surface area contributed by atoms with Crippen LogP contribution in [0.15, 0.2) is 5.11 Å². The summed E-state index contributed by atoms with van der Waals surface area (Å²) in [6, 6.07) is -0.758. The Morgan fingerprint density at radius 3 is 2.77 bits per heavy atom. The SMILES string of the molecule is CO[C@@H]1OC[C@H](N=[N+]=[N-])C(O)C1O. The molecule has 0 spiro atoms. The number of aliphatic hydroxyl groups excluding tert-OH is 2. The topological polar surface area (TPSA) is 108 Å². The maximum absolute atomic E-state index is 9.40. The molecule has 2 unspecified atom stereocenters. The summed E-state index contributed by atoms with van der Waals surface area (Å²) in [5, 5.41) is 22.0. The average molecular weight is 189 g/mol. The van der Waals surface area contributed by atoms with Crippen LogP contribution in [0.3, 0.4) is 0 Å². The number of ether oxygens (including phenoxy) is 2. The molecule has 1 saturated heterocycles. The van der Waals surface area contributed by atoms with E-state index in [0.29, 0.717) is 0 Å². The van der Waals surface area contributed by atoms with Crippen molar-refractivity contribution in [2.24, 2.45) is 5.11 Å². The second-order valence-corrected chi connectivity index (χ2v) is 2.69. The zero-order valence-electron chi connectivity index (χ0n) is 7.07. The molecular formula is C6H11N3O4. The molecule has 7 nitrogen and oxygen atoms in total. The largest absolute Gasteiger partial charge is 0.390 e. The second kappa shape index (κ2) is 4.40. The second-order valence-electron chi connectivity index (χ2n) is 2.69. The molecule has 13 heavy (non-hydrogen) atoms. The lowest BCUT2D eigenvalue weighted by Crippen LogP contribution is -2.52. The van der Waals surface area contributed by atoms with Crippen molar-refractivity contribution in [3.63, 3.8) is 0 Å². The van der Waals surface area contributed by atoms with Gasteiger partial charge < -0.3 is 19.7 Å². The number of hydrogen-bond acceptors (Lipinski definition) is 5. The lowest BCUT2D eigenvalue weighted by molar-refractivity contribution is -0.237. The Bertz CT molecular complexity index is 218. The standard InChI is InChI=1S/C6H11N3O4/c1-12-6-5(11)4(10)3(2-13-6)8-9-7/h3-6,10-11H,2H2,1H3/t3-,4?,5?,6+/m0/s1. The normalized spacial score (nSPS) is 39.6. The lowest BCUT2D eigenvalue weighted by atomic mass is 10.0. The summed E-state index contributed by atoms with van der Waals surface area (Å²) in [5.41, 5.74) is 8.12. The number of methoxy groups -OCH3 is 1. The predicted octanol–water partition coefficient (Wildman–Crippen LogP) is -0.610. The maximum atomic E-state index is 9.40. The van der Waals surface area contributed by atoms with Crippen LogP contribution in [0.25, 0.3) is 10.4 Å². The van der Waals surface area contributed by atoms with E-state index < -0.39 is 24.5 Å². The van der Waals surface area contributed by atoms with Gasteiger partial charge in [-0.1, -0.05) is 5.11 Å². The van der Waals surface area contributed by atoms with Crippen LogP contribution in [0.5, 0.6) is 0 Å². The zero-order chi connectivity index (χ0) is 9.84. The Balaban J connectivity index is 2.63. The van der Waals surface area contributed by atoms with Crippen LogP contribution in [0.4, 0.5) is 0 Å². The highest BCUT2D eigenvalue weighted by Crippen LogP contribution is 2.18. The molecule has 1 aliphatic heterocycles. The zero-order valence-corrected chi connectivity index (χ0v) is 7.07. The summed E-state index contributed by atoms with van der Waals surface area (Å²) < 4.78 is 9.71. The molecular weight excluding hydrogens is 178 g/mol. The number of azide groups is 1. The van der Waals surface area contributed by atoms with Crippen LogP contribution < -0.4 is 0 Å². The Labute approximate surface area is 74.5 Å². The molecule has 0 aromatic carbocycles. The summed E-state index contributed by atoms with van der Waals surface area (Å²) in [6.07, 6.45) is -3.19. The molecule has 0 aromatic heterocycles. The monoisotopic (exact) mass is 189 g/mol. The van der Waals surface area contributed by atoms with Crippen molar-refractivity contribution < 1.29 is 19.7 Å². The highest BCUT2D eigenvalue weighted by molar-refractivity contribution is 4.87. The van der Waals surface area contributed by atoms with Crippen molar-refractivity contribution >= 4 is 0 Å². The molecule has 0 radical (unpaired) electrons. The maximum Gasteiger partial charge on any atom is 0.185 e. The van der Waals surface area contributed by atoms with E-state index in [1.807, 2.05) is 0 Å². The van der Waals surface area contributed by atoms with Crippen molar-refractivity contribution in [2.75, 3.05) is 13.7 Å². The van der Waals surface area contributed by atoms with E-state index >= 15 is 0 Å². The first-order valence-electron chi connectivity index (χ1n) is 3.75. The van der Waals surface area contributed by atoms with Crippen LogP contribution in [-0.4, -0.2) is 48.5 Å². The van der Waals surface area contributed by atoms with E-state index in [-0.39, 0.29) is 6.61 Å². The van der Waals surface area contributed by atoms with Crippen LogP contribution in [0, 0.1) is 0 Å². The van der Waals surface area contributed by atoms with Gasteiger partial charge in [0.05, 0.1) is 18.8 Å². The Hall–Kier alpha value is -0.850. The molecule has 0 bridgehead atoms. The minimum atomic E-state index is -1.19. The average Bonchev–Trinajstić information content (AvgIpc) is 2.14. The Morgan fingerprint density at radius 1 is 1.54 bits per heavy atom. The van der Waals surface area contributed by atoms with Crippen LogP contribution >= 0.6 is 0 Å². The van der Waals surface area contributed by atoms with Gasteiger partial charge in [-0.25, -0.2) is 0 Å². The highest BCUT2D eigenvalue weighted by atomic mass is 16.7. The van der Waals surface area contributed by atoms with Gasteiger partial charge in [0.2, 0.25) is 0 Å². The van der Waals surface area contributed by atoms with Gasteiger partial charge in [0.25, 0.3) is 0 Å². The van der Waals surface area contributed by atoms with E-state index in [1.54, 1.807) is 0 Å². The summed E-state index contributed by atoms with van der Waals surface area (Å²) in [6.45, 7) is 0.0425. The smallest absolute Gasteiger partial charge is 0.185 e. The number of aliphatic hydroxyl groups is 2. The molecule has 1 aliphatic rings. The molecule has 0 amide bonds. The molecule has 0 saturated carbocycles. The van der Waals surface area contributed by atoms with Gasteiger partial charge in [-0.05, 0) is 5.53 Å². The van der Waals surface area contributed by atoms with Crippen molar-refractivity contribution in [3.8, 4) is 0 Å². The fourth-order valence-corrected chi connectivity index (χ4v) is 1.15. The van der Waals surface area contributed by atoms with Crippen molar-refractivity contribution in [1.29, 1.82) is 0 Å². The van der Waals surface area contributed by atoms with Gasteiger partial charge in [-0.15, -0.1) is 0 Å². The van der Waals surface area contributed by atoms with Gasteiger partial charge in [0.15, 0.2) is 6.29 Å². The molecule has 0 aromatic rings. The Morgan fingerprint density at radius 2 is 2.23 bits per heavy atom. The first-order valence-corrected chi connectivity index (χ1v) is 3.75. The van der Waals surface area contributed by atoms with Gasteiger partial charge in [-0.2, -0.15) is 0 Å². The molecule has 1 heterocycles. The first kappa shape index (κ1) is 10.2. The third-order valence-corrected chi connectivity index (χ3v) is 1.89. The van der Waals surface area contributed by atoms with Crippen molar-refractivity contribution in [1.82, 2.24) is 0 Å². The van der Waals surface area contributed by atoms with E-state index in [9.17, 15) is 10.2 Å². The molecule has 0 aliphatic carbocycles. The third-order valence-electron chi connectivity index (χ3n) is 1.89. The third kappa shape index (κ3) is 2.09. The van der Waals surface area contributed by atoms with E-state index in [0.717, 1.165) is 0 Å². The predicted molar refractivity (Wildman–Crippen MR) is 41.7 cm³/mol. The number of rotatable bonds is 2. The number of hydrogen-bond donors (Lipinski definition) is 2. The lowest BCUT2D eigenvalue weighted by Gasteiger charge is -2.34. The van der Waals surface area contributed by atoms with Gasteiger partial charge in [-0.3, -0.25) is 0 Å². The summed E-state index contributed by atoms with van der Waals surface area (Å²) in [7, 11) is 1.36. The van der Waals surface area contributed by atoms with Crippen LogP contribution in [0.2, 0.25) is 0 Å². The minimum absolute atomic E-state index is 0.0425. The highest BCUT2D eigenvalue weighted by Gasteiger charge is 2.37. The Kier molecular flexibility index (Phi) is 3.47. The van der Waals surface area contributed by atoms with Gasteiger partial charge in [0, 0.05) is 12.0 Å². The molecule has 4 atom stereocenters. The van der Waals surface area contributed by atoms with Crippen molar-refractivity contribution in [2.45, 2.75) is 24.5 Å². The van der Waals surface area contributed by atoms with Crippen LogP contribution in [-0.2, 0) is 9.47 Å². The van der Waals surface area contributed by atoms with Crippen LogP contribution in [0.1, 0.15) is 0 Å². The fraction of sp³-hybridized carbons (Fsp3) is 1.00. The first-order chi connectivity index (χ1) is 6.20. The van der Waals surface area contributed by atoms with Gasteiger partial charge >= 0.3 is 0 Å². The summed E-state index contributed by atoms with van der Waals surface area (Å²) in [4.78, 5) is 2.53. The fourth-order valence-electron chi connectivity index (χ4n) is 1.15. The van der Waals surface area contributed by atoms with E-state index in [2.05, 4.69) is 10.0 Å². The molecule has 2 N–H and O–H groups in total. The van der Waals surface area contributed by atoms with E-state index in [4.69, 9.17) is 15.0 Å². The number of nitrogens with zero attached hydrogens (tertiary/aromatic N) is 3. The molecule has 74 valence electrons. The summed E-state index contributed by atoms with van der Waals surface area (Å²) >= 11 is 0. The van der Waals surface area contributed by atoms with Gasteiger partial charge in [0.1, 0.15) is 6.10 Å². The molecule has 7 heteroatoms. The molecule has 1 rings (SSSR count). The van der Waals surface area contributed by atoms with Crippen molar-refractivity contribution in [3.05, 3.63) is 10.4 Å². The molecule has 1 fully saturated rings. The quantitative estimate of drug-likeness (QED) is 0.343. The summed E-state index contributed by atoms with van der Waals surface area (Å²) in [5.74, 6) is 0.